The van der Waals surface area contributed by atoms with Gasteiger partial charge in [-0.3, -0.25) is 4.79 Å². The van der Waals surface area contributed by atoms with Crippen LogP contribution in [0.3, 0.4) is 0 Å². The maximum atomic E-state index is 12.9. The van der Waals surface area contributed by atoms with Crippen molar-refractivity contribution >= 4 is 17.6 Å². The fourth-order valence-corrected chi connectivity index (χ4v) is 3.93. The minimum Gasteiger partial charge on any atom is -0.388 e. The van der Waals surface area contributed by atoms with Crippen LogP contribution in [0.4, 0.5) is 14.9 Å². The van der Waals surface area contributed by atoms with Crippen molar-refractivity contribution in [3.63, 3.8) is 0 Å². The Hall–Kier alpha value is -3.02. The number of benzene rings is 1. The highest BCUT2D eigenvalue weighted by molar-refractivity contribution is 5.89. The van der Waals surface area contributed by atoms with E-state index in [4.69, 9.17) is 9.47 Å². The molecule has 172 valence electrons. The quantitative estimate of drug-likeness (QED) is 0.494. The second kappa shape index (κ2) is 9.63. The van der Waals surface area contributed by atoms with Gasteiger partial charge < -0.3 is 35.1 Å². The molecule has 1 aromatic carbocycles. The first kappa shape index (κ1) is 22.2. The summed E-state index contributed by atoms with van der Waals surface area (Å²) in [4.78, 5) is 28.4. The molecule has 3 heterocycles. The van der Waals surface area contributed by atoms with Crippen LogP contribution < -0.4 is 16.0 Å². The van der Waals surface area contributed by atoms with Gasteiger partial charge in [-0.2, -0.15) is 0 Å². The van der Waals surface area contributed by atoms with Gasteiger partial charge in [0.1, 0.15) is 30.0 Å². The predicted octanol–water partition coefficient (Wildman–Crippen LogP) is 0.673. The summed E-state index contributed by atoms with van der Waals surface area (Å²) in [6.45, 7) is 0.411. The number of fused-ring (bicyclic) bond motifs is 1. The van der Waals surface area contributed by atoms with Gasteiger partial charge in [-0.15, -0.1) is 0 Å². The molecule has 10 nitrogen and oxygen atoms in total. The van der Waals surface area contributed by atoms with E-state index in [0.717, 1.165) is 5.82 Å². The number of carbonyl (C=O) groups excluding carboxylic acids is 2. The zero-order valence-electron chi connectivity index (χ0n) is 17.5. The molecule has 2 fully saturated rings. The van der Waals surface area contributed by atoms with Gasteiger partial charge in [0.2, 0.25) is 5.91 Å². The molecule has 2 aliphatic rings. The molecule has 2 aliphatic heterocycles. The molecule has 0 aliphatic carbocycles. The Morgan fingerprint density at radius 2 is 2.03 bits per heavy atom. The lowest BCUT2D eigenvalue weighted by atomic mass is 10.1. The van der Waals surface area contributed by atoms with E-state index in [0.29, 0.717) is 18.7 Å². The van der Waals surface area contributed by atoms with Gasteiger partial charge in [0, 0.05) is 38.1 Å². The molecule has 5 unspecified atom stereocenters. The van der Waals surface area contributed by atoms with Crippen LogP contribution in [-0.4, -0.2) is 63.7 Å². The van der Waals surface area contributed by atoms with Crippen LogP contribution in [0.2, 0.25) is 0 Å². The van der Waals surface area contributed by atoms with Gasteiger partial charge in [0.05, 0.1) is 25.2 Å². The number of rotatable bonds is 7. The first-order chi connectivity index (χ1) is 15.4. The minimum atomic E-state index is -0.924. The van der Waals surface area contributed by atoms with E-state index in [2.05, 4.69) is 20.9 Å². The van der Waals surface area contributed by atoms with Crippen molar-refractivity contribution in [1.29, 1.82) is 0 Å². The Kier molecular flexibility index (Phi) is 6.68. The topological polar surface area (TPSA) is 127 Å². The highest BCUT2D eigenvalue weighted by atomic mass is 19.1. The molecule has 0 radical (unpaired) electrons. The first-order valence-corrected chi connectivity index (χ1v) is 10.4. The van der Waals surface area contributed by atoms with Crippen LogP contribution >= 0.6 is 0 Å². The predicted molar refractivity (Wildman–Crippen MR) is 111 cm³/mol. The number of nitrogens with one attached hydrogen (secondary N) is 3. The van der Waals surface area contributed by atoms with E-state index < -0.39 is 30.2 Å². The first-order valence-electron chi connectivity index (χ1n) is 10.4. The molecule has 4 N–H and O–H groups in total. The highest BCUT2D eigenvalue weighted by Crippen LogP contribution is 2.35. The molecule has 11 heteroatoms. The molecule has 1 aromatic heterocycles. The number of imidazole rings is 1. The number of aliphatic hydroxyl groups excluding tert-OH is 1. The van der Waals surface area contributed by atoms with E-state index in [1.165, 1.54) is 24.3 Å². The monoisotopic (exact) mass is 447 g/mol. The molecule has 5 atom stereocenters. The van der Waals surface area contributed by atoms with Crippen LogP contribution in [0.1, 0.15) is 18.7 Å². The number of hydrogen-bond acceptors (Lipinski definition) is 6. The molecule has 2 aromatic rings. The SMILES string of the molecule is Cn1ccnc1CNC(=O)CC1CC2OC(CNC(=O)Nc3ccc(F)cc3)C(O)C2O1. The number of urea groups is 1. The number of halogens is 1. The second-order valence-corrected chi connectivity index (χ2v) is 7.94. The molecular formula is C21H26FN5O5. The number of ether oxygens (including phenoxy) is 2. The van der Waals surface area contributed by atoms with Crippen LogP contribution in [0.15, 0.2) is 36.7 Å². The number of aryl methyl sites for hydroxylation is 1. The van der Waals surface area contributed by atoms with Crippen LogP contribution in [0.5, 0.6) is 0 Å². The van der Waals surface area contributed by atoms with Crippen molar-refractivity contribution in [2.45, 2.75) is 49.9 Å². The number of carbonyl (C=O) groups is 2. The fourth-order valence-electron chi connectivity index (χ4n) is 3.93. The normalized spacial score (nSPS) is 26.5. The molecule has 0 spiro atoms. The van der Waals surface area contributed by atoms with Gasteiger partial charge in [0.15, 0.2) is 0 Å². The summed E-state index contributed by atoms with van der Waals surface area (Å²) >= 11 is 0. The summed E-state index contributed by atoms with van der Waals surface area (Å²) in [5.74, 6) is 0.192. The number of nitrogens with zero attached hydrogens (tertiary/aromatic N) is 2. The van der Waals surface area contributed by atoms with Crippen molar-refractivity contribution < 1.29 is 28.6 Å². The summed E-state index contributed by atoms with van der Waals surface area (Å²) in [5.41, 5.74) is 0.445. The molecule has 32 heavy (non-hydrogen) atoms. The minimum absolute atomic E-state index is 0.0827. The van der Waals surface area contributed by atoms with Crippen molar-refractivity contribution in [2.24, 2.45) is 7.05 Å². The third-order valence-electron chi connectivity index (χ3n) is 5.62. The molecule has 0 saturated carbocycles. The van der Waals surface area contributed by atoms with E-state index in [1.54, 1.807) is 12.4 Å². The number of amides is 3. The average molecular weight is 447 g/mol. The van der Waals surface area contributed by atoms with Gasteiger partial charge in [-0.1, -0.05) is 0 Å². The lowest BCUT2D eigenvalue weighted by molar-refractivity contribution is -0.125. The Bertz CT molecular complexity index is 952. The standard InChI is InChI=1S/C21H26FN5O5/c1-27-7-6-23-17(27)11-24-18(28)9-14-8-15-20(31-14)19(29)16(32-15)10-25-21(30)26-13-4-2-12(22)3-5-13/h2-7,14-16,19-20,29H,8-11H2,1H3,(H,24,28)(H2,25,26,30). The highest BCUT2D eigenvalue weighted by Gasteiger charge is 2.50. The van der Waals surface area contributed by atoms with Crippen molar-refractivity contribution in [1.82, 2.24) is 20.2 Å². The van der Waals surface area contributed by atoms with Gasteiger partial charge >= 0.3 is 6.03 Å². The van der Waals surface area contributed by atoms with Crippen LogP contribution in [0, 0.1) is 5.82 Å². The fraction of sp³-hybridized carbons (Fsp3) is 0.476. The van der Waals surface area contributed by atoms with Gasteiger partial charge in [0.25, 0.3) is 0 Å². The Labute approximate surface area is 184 Å². The summed E-state index contributed by atoms with van der Waals surface area (Å²) in [7, 11) is 1.85. The maximum Gasteiger partial charge on any atom is 0.319 e. The second-order valence-electron chi connectivity index (χ2n) is 7.94. The molecule has 2 saturated heterocycles. The zero-order valence-corrected chi connectivity index (χ0v) is 17.5. The summed E-state index contributed by atoms with van der Waals surface area (Å²) in [6, 6.07) is 4.88. The lowest BCUT2D eigenvalue weighted by Crippen LogP contribution is -2.42. The van der Waals surface area contributed by atoms with E-state index in [1.807, 2.05) is 11.6 Å². The number of anilines is 1. The van der Waals surface area contributed by atoms with Crippen molar-refractivity contribution in [3.05, 3.63) is 48.3 Å². The number of aliphatic hydroxyl groups is 1. The zero-order chi connectivity index (χ0) is 22.7. The summed E-state index contributed by atoms with van der Waals surface area (Å²) < 4.78 is 26.5. The van der Waals surface area contributed by atoms with E-state index in [9.17, 15) is 19.1 Å². The summed E-state index contributed by atoms with van der Waals surface area (Å²) in [6.07, 6.45) is 1.33. The third-order valence-corrected chi connectivity index (χ3v) is 5.62. The Balaban J connectivity index is 1.18. The van der Waals surface area contributed by atoms with Crippen LogP contribution in [0.25, 0.3) is 0 Å². The van der Waals surface area contributed by atoms with E-state index in [-0.39, 0.29) is 31.1 Å². The van der Waals surface area contributed by atoms with Crippen molar-refractivity contribution in [3.8, 4) is 0 Å². The van der Waals surface area contributed by atoms with Gasteiger partial charge in [-0.25, -0.2) is 14.2 Å². The Morgan fingerprint density at radius 1 is 1.25 bits per heavy atom. The molecular weight excluding hydrogens is 421 g/mol. The maximum absolute atomic E-state index is 12.9. The average Bonchev–Trinajstić information content (AvgIpc) is 3.43. The van der Waals surface area contributed by atoms with Gasteiger partial charge in [-0.05, 0) is 24.3 Å². The number of aromatic nitrogens is 2. The molecule has 4 rings (SSSR count). The Morgan fingerprint density at radius 3 is 2.72 bits per heavy atom. The smallest absolute Gasteiger partial charge is 0.319 e. The van der Waals surface area contributed by atoms with Crippen LogP contribution in [-0.2, 0) is 27.9 Å². The largest absolute Gasteiger partial charge is 0.388 e. The molecule has 3 amide bonds. The summed E-state index contributed by atoms with van der Waals surface area (Å²) in [5, 5.41) is 18.5. The number of hydrogen-bond donors (Lipinski definition) is 4. The van der Waals surface area contributed by atoms with E-state index >= 15 is 0 Å². The lowest BCUT2D eigenvalue weighted by Gasteiger charge is -2.20. The van der Waals surface area contributed by atoms with Crippen molar-refractivity contribution in [2.75, 3.05) is 11.9 Å². The molecule has 0 bridgehead atoms. The third kappa shape index (κ3) is 5.23.